The quantitative estimate of drug-likeness (QED) is 0.616. The third-order valence-electron chi connectivity index (χ3n) is 1.85. The Hall–Kier alpha value is -0.830. The predicted octanol–water partition coefficient (Wildman–Crippen LogP) is 0.804. The summed E-state index contributed by atoms with van der Waals surface area (Å²) in [6, 6.07) is -0.0540. The van der Waals surface area contributed by atoms with Crippen LogP contribution in [0.15, 0.2) is 12.2 Å². The maximum absolute atomic E-state index is 11.1. The standard InChI is InChI=1S/C9H18N2O/c1-6(2)8(12)11-7(3)9(4,5)10/h7H,1,10H2,2-5H3,(H,11,12). The molecule has 0 rings (SSSR count). The van der Waals surface area contributed by atoms with Crippen LogP contribution in [0.2, 0.25) is 0 Å². The molecule has 0 heterocycles. The van der Waals surface area contributed by atoms with Crippen LogP contribution in [0, 0.1) is 0 Å². The van der Waals surface area contributed by atoms with Crippen molar-refractivity contribution in [2.75, 3.05) is 0 Å². The van der Waals surface area contributed by atoms with Gasteiger partial charge in [-0.1, -0.05) is 6.58 Å². The summed E-state index contributed by atoms with van der Waals surface area (Å²) in [7, 11) is 0. The molecule has 1 atom stereocenters. The van der Waals surface area contributed by atoms with Crippen molar-refractivity contribution in [1.29, 1.82) is 0 Å². The van der Waals surface area contributed by atoms with Crippen molar-refractivity contribution < 1.29 is 4.79 Å². The van der Waals surface area contributed by atoms with Crippen LogP contribution >= 0.6 is 0 Å². The van der Waals surface area contributed by atoms with Gasteiger partial charge in [-0.2, -0.15) is 0 Å². The summed E-state index contributed by atoms with van der Waals surface area (Å²) in [5.41, 5.74) is 5.89. The number of carbonyl (C=O) groups is 1. The number of nitrogens with two attached hydrogens (primary N) is 1. The van der Waals surface area contributed by atoms with E-state index in [0.717, 1.165) is 0 Å². The van der Waals surface area contributed by atoms with Gasteiger partial charge in [0.1, 0.15) is 0 Å². The van der Waals surface area contributed by atoms with Gasteiger partial charge in [0, 0.05) is 17.2 Å². The molecule has 0 aliphatic heterocycles. The Morgan fingerprint density at radius 3 is 2.25 bits per heavy atom. The number of hydrogen-bond acceptors (Lipinski definition) is 2. The zero-order chi connectivity index (χ0) is 9.94. The summed E-state index contributed by atoms with van der Waals surface area (Å²) in [5.74, 6) is -0.138. The van der Waals surface area contributed by atoms with Gasteiger partial charge in [-0.25, -0.2) is 0 Å². The SMILES string of the molecule is C=C(C)C(=O)NC(C)C(C)(C)N. The van der Waals surface area contributed by atoms with Gasteiger partial charge in [0.15, 0.2) is 0 Å². The molecule has 0 aromatic carbocycles. The second-order valence-electron chi connectivity index (χ2n) is 3.80. The smallest absolute Gasteiger partial charge is 0.246 e. The first-order valence-corrected chi connectivity index (χ1v) is 4.00. The monoisotopic (exact) mass is 170 g/mol. The third kappa shape index (κ3) is 3.53. The van der Waals surface area contributed by atoms with Gasteiger partial charge in [0.05, 0.1) is 0 Å². The van der Waals surface area contributed by atoms with E-state index < -0.39 is 5.54 Å². The van der Waals surface area contributed by atoms with Crippen LogP contribution in [0.1, 0.15) is 27.7 Å². The van der Waals surface area contributed by atoms with E-state index in [-0.39, 0.29) is 11.9 Å². The Balaban J connectivity index is 4.11. The first kappa shape index (κ1) is 11.2. The Morgan fingerprint density at radius 1 is 1.58 bits per heavy atom. The van der Waals surface area contributed by atoms with Crippen molar-refractivity contribution in [1.82, 2.24) is 5.32 Å². The second kappa shape index (κ2) is 3.72. The predicted molar refractivity (Wildman–Crippen MR) is 50.7 cm³/mol. The molecule has 0 aliphatic rings. The molecule has 0 fully saturated rings. The highest BCUT2D eigenvalue weighted by atomic mass is 16.1. The van der Waals surface area contributed by atoms with Gasteiger partial charge >= 0.3 is 0 Å². The minimum Gasteiger partial charge on any atom is -0.348 e. The Morgan fingerprint density at radius 2 is 2.00 bits per heavy atom. The van der Waals surface area contributed by atoms with E-state index in [1.165, 1.54) is 0 Å². The molecule has 0 spiro atoms. The molecule has 0 saturated carbocycles. The molecular weight excluding hydrogens is 152 g/mol. The van der Waals surface area contributed by atoms with E-state index >= 15 is 0 Å². The van der Waals surface area contributed by atoms with Crippen LogP contribution < -0.4 is 11.1 Å². The maximum Gasteiger partial charge on any atom is 0.246 e. The number of amides is 1. The van der Waals surface area contributed by atoms with E-state index in [9.17, 15) is 4.79 Å². The van der Waals surface area contributed by atoms with Crippen molar-refractivity contribution in [3.05, 3.63) is 12.2 Å². The molecule has 1 unspecified atom stereocenters. The summed E-state index contributed by atoms with van der Waals surface area (Å²) in [6.45, 7) is 10.8. The van der Waals surface area contributed by atoms with E-state index in [1.54, 1.807) is 6.92 Å². The van der Waals surface area contributed by atoms with Crippen LogP contribution in [0.4, 0.5) is 0 Å². The fourth-order valence-electron chi connectivity index (χ4n) is 0.506. The normalized spacial score (nSPS) is 13.8. The fraction of sp³-hybridized carbons (Fsp3) is 0.667. The summed E-state index contributed by atoms with van der Waals surface area (Å²) in [6.07, 6.45) is 0. The van der Waals surface area contributed by atoms with Crippen LogP contribution in [-0.4, -0.2) is 17.5 Å². The number of carbonyl (C=O) groups excluding carboxylic acids is 1. The van der Waals surface area contributed by atoms with Crippen molar-refractivity contribution in [2.45, 2.75) is 39.3 Å². The molecular formula is C9H18N2O. The van der Waals surface area contributed by atoms with Crippen LogP contribution in [-0.2, 0) is 4.79 Å². The lowest BCUT2D eigenvalue weighted by atomic mass is 9.97. The average Bonchev–Trinajstić information content (AvgIpc) is 1.85. The Bertz CT molecular complexity index is 191. The highest BCUT2D eigenvalue weighted by Gasteiger charge is 2.21. The minimum absolute atomic E-state index is 0.0540. The lowest BCUT2D eigenvalue weighted by molar-refractivity contribution is -0.118. The third-order valence-corrected chi connectivity index (χ3v) is 1.85. The largest absolute Gasteiger partial charge is 0.348 e. The molecule has 0 aromatic heterocycles. The van der Waals surface area contributed by atoms with Gasteiger partial charge in [-0.3, -0.25) is 4.79 Å². The highest BCUT2D eigenvalue weighted by molar-refractivity contribution is 5.92. The molecule has 3 heteroatoms. The van der Waals surface area contributed by atoms with Gasteiger partial charge in [-0.05, 0) is 27.7 Å². The van der Waals surface area contributed by atoms with Gasteiger partial charge in [-0.15, -0.1) is 0 Å². The van der Waals surface area contributed by atoms with Crippen LogP contribution in [0.5, 0.6) is 0 Å². The lowest BCUT2D eigenvalue weighted by Gasteiger charge is -2.27. The molecule has 3 nitrogen and oxygen atoms in total. The molecule has 0 aromatic rings. The highest BCUT2D eigenvalue weighted by Crippen LogP contribution is 2.04. The van der Waals surface area contributed by atoms with Crippen molar-refractivity contribution in [2.24, 2.45) is 5.73 Å². The van der Waals surface area contributed by atoms with Crippen molar-refractivity contribution in [3.8, 4) is 0 Å². The number of rotatable bonds is 3. The zero-order valence-electron chi connectivity index (χ0n) is 8.27. The van der Waals surface area contributed by atoms with Crippen LogP contribution in [0.3, 0.4) is 0 Å². The second-order valence-corrected chi connectivity index (χ2v) is 3.80. The summed E-state index contributed by atoms with van der Waals surface area (Å²) < 4.78 is 0. The van der Waals surface area contributed by atoms with Gasteiger partial charge in [0.2, 0.25) is 5.91 Å². The topological polar surface area (TPSA) is 55.1 Å². The molecule has 0 saturated heterocycles. The molecule has 70 valence electrons. The van der Waals surface area contributed by atoms with E-state index in [2.05, 4.69) is 11.9 Å². The van der Waals surface area contributed by atoms with E-state index in [0.29, 0.717) is 5.57 Å². The molecule has 0 bridgehead atoms. The first-order valence-electron chi connectivity index (χ1n) is 4.00. The zero-order valence-corrected chi connectivity index (χ0v) is 8.27. The number of hydrogen-bond donors (Lipinski definition) is 2. The molecule has 1 amide bonds. The van der Waals surface area contributed by atoms with E-state index in [1.807, 2.05) is 20.8 Å². The van der Waals surface area contributed by atoms with Gasteiger partial charge in [0.25, 0.3) is 0 Å². The maximum atomic E-state index is 11.1. The first-order chi connectivity index (χ1) is 5.25. The minimum atomic E-state index is -0.398. The van der Waals surface area contributed by atoms with Gasteiger partial charge < -0.3 is 11.1 Å². The molecule has 12 heavy (non-hydrogen) atoms. The van der Waals surface area contributed by atoms with E-state index in [4.69, 9.17) is 5.73 Å². The van der Waals surface area contributed by atoms with Crippen LogP contribution in [0.25, 0.3) is 0 Å². The lowest BCUT2D eigenvalue weighted by Crippen LogP contribution is -2.53. The van der Waals surface area contributed by atoms with Crippen molar-refractivity contribution >= 4 is 5.91 Å². The summed E-state index contributed by atoms with van der Waals surface area (Å²) >= 11 is 0. The fourth-order valence-corrected chi connectivity index (χ4v) is 0.506. The molecule has 0 radical (unpaired) electrons. The summed E-state index contributed by atoms with van der Waals surface area (Å²) in [5, 5.41) is 2.76. The molecule has 3 N–H and O–H groups in total. The Kier molecular flexibility index (Phi) is 3.46. The number of nitrogens with one attached hydrogen (secondary N) is 1. The van der Waals surface area contributed by atoms with Crippen molar-refractivity contribution in [3.63, 3.8) is 0 Å². The molecule has 0 aliphatic carbocycles. The summed E-state index contributed by atoms with van der Waals surface area (Å²) in [4.78, 5) is 11.1. The average molecular weight is 170 g/mol. The Labute approximate surface area is 74.0 Å².